The third-order valence-electron chi connectivity index (χ3n) is 3.53. The fraction of sp³-hybridized carbons (Fsp3) is 0.267. The molecule has 0 aliphatic carbocycles. The van der Waals surface area contributed by atoms with Crippen molar-refractivity contribution in [1.29, 1.82) is 0 Å². The van der Waals surface area contributed by atoms with E-state index in [1.165, 1.54) is 0 Å². The number of nitrogens with one attached hydrogen (secondary N) is 3. The average Bonchev–Trinajstić information content (AvgIpc) is 3.02. The molecule has 8 heteroatoms. The first-order chi connectivity index (χ1) is 11.0. The van der Waals surface area contributed by atoms with Gasteiger partial charge in [0, 0.05) is 0 Å². The van der Waals surface area contributed by atoms with Crippen molar-refractivity contribution in [2.24, 2.45) is 4.99 Å². The maximum Gasteiger partial charge on any atom is 0.264 e. The van der Waals surface area contributed by atoms with Crippen LogP contribution >= 0.6 is 0 Å². The van der Waals surface area contributed by atoms with Crippen LogP contribution in [0, 0.1) is 6.92 Å². The molecule has 0 saturated heterocycles. The van der Waals surface area contributed by atoms with E-state index in [9.17, 15) is 8.42 Å². The van der Waals surface area contributed by atoms with Crippen molar-refractivity contribution in [2.45, 2.75) is 18.4 Å². The van der Waals surface area contributed by atoms with Crippen LogP contribution in [0.3, 0.4) is 0 Å². The molecule has 0 bridgehead atoms. The van der Waals surface area contributed by atoms with Crippen LogP contribution in [0.15, 0.2) is 57.0 Å². The van der Waals surface area contributed by atoms with Crippen LogP contribution in [0.4, 0.5) is 0 Å². The summed E-state index contributed by atoms with van der Waals surface area (Å²) >= 11 is 0. The maximum absolute atomic E-state index is 12.3. The third-order valence-corrected chi connectivity index (χ3v) is 4.89. The SMILES string of the molecule is Cc1ccc(S(=O)(=O)NC2=NC[NH+](Cc3ccco3)CN2)cc1. The minimum atomic E-state index is -3.62. The normalized spacial score (nSPS) is 18.1. The molecule has 23 heavy (non-hydrogen) atoms. The van der Waals surface area contributed by atoms with E-state index in [0.717, 1.165) is 16.2 Å². The van der Waals surface area contributed by atoms with Crippen LogP contribution in [0.2, 0.25) is 0 Å². The predicted molar refractivity (Wildman–Crippen MR) is 85.2 cm³/mol. The summed E-state index contributed by atoms with van der Waals surface area (Å²) in [5.74, 6) is 1.15. The first kappa shape index (κ1) is 15.6. The van der Waals surface area contributed by atoms with Crippen LogP contribution in [-0.4, -0.2) is 27.7 Å². The molecular weight excluding hydrogens is 316 g/mol. The van der Waals surface area contributed by atoms with Gasteiger partial charge in [-0.05, 0) is 31.2 Å². The Hall–Kier alpha value is -2.32. The van der Waals surface area contributed by atoms with Gasteiger partial charge in [0.1, 0.15) is 6.54 Å². The quantitative estimate of drug-likeness (QED) is 0.724. The molecule has 2 aromatic rings. The van der Waals surface area contributed by atoms with E-state index >= 15 is 0 Å². The van der Waals surface area contributed by atoms with E-state index < -0.39 is 10.0 Å². The molecule has 1 unspecified atom stereocenters. The molecule has 0 radical (unpaired) electrons. The summed E-state index contributed by atoms with van der Waals surface area (Å²) in [5, 5.41) is 3.00. The zero-order chi connectivity index (χ0) is 16.3. The van der Waals surface area contributed by atoms with Crippen molar-refractivity contribution in [1.82, 2.24) is 10.0 Å². The van der Waals surface area contributed by atoms with Gasteiger partial charge in [0.25, 0.3) is 10.0 Å². The van der Waals surface area contributed by atoms with Crippen molar-refractivity contribution in [2.75, 3.05) is 13.3 Å². The monoisotopic (exact) mass is 335 g/mol. The number of hydrogen-bond acceptors (Lipinski definition) is 5. The largest absolute Gasteiger partial charge is 0.463 e. The molecule has 1 aromatic carbocycles. The number of sulfonamides is 1. The molecule has 7 nitrogen and oxygen atoms in total. The Labute approximate surface area is 135 Å². The van der Waals surface area contributed by atoms with E-state index in [2.05, 4.69) is 15.0 Å². The summed E-state index contributed by atoms with van der Waals surface area (Å²) < 4.78 is 32.4. The highest BCUT2D eigenvalue weighted by Crippen LogP contribution is 2.09. The fourth-order valence-electron chi connectivity index (χ4n) is 2.26. The summed E-state index contributed by atoms with van der Waals surface area (Å²) in [4.78, 5) is 5.61. The molecule has 3 rings (SSSR count). The lowest BCUT2D eigenvalue weighted by molar-refractivity contribution is -0.917. The Morgan fingerprint density at radius 2 is 2.09 bits per heavy atom. The number of furan rings is 1. The van der Waals surface area contributed by atoms with Gasteiger partial charge < -0.3 is 9.73 Å². The van der Waals surface area contributed by atoms with Crippen molar-refractivity contribution >= 4 is 16.0 Å². The minimum Gasteiger partial charge on any atom is -0.463 e. The van der Waals surface area contributed by atoms with Gasteiger partial charge in [0.05, 0.1) is 11.2 Å². The lowest BCUT2D eigenvalue weighted by Crippen LogP contribution is -3.13. The summed E-state index contributed by atoms with van der Waals surface area (Å²) in [6.07, 6.45) is 1.64. The van der Waals surface area contributed by atoms with E-state index in [4.69, 9.17) is 4.42 Å². The lowest BCUT2D eigenvalue weighted by Gasteiger charge is -2.23. The molecule has 0 saturated carbocycles. The average molecular weight is 335 g/mol. The van der Waals surface area contributed by atoms with Crippen molar-refractivity contribution in [3.63, 3.8) is 0 Å². The molecule has 1 aromatic heterocycles. The van der Waals surface area contributed by atoms with Gasteiger partial charge >= 0.3 is 0 Å². The van der Waals surface area contributed by atoms with E-state index in [1.54, 1.807) is 30.5 Å². The molecular formula is C15H19N4O3S+. The Balaban J connectivity index is 1.62. The second-order valence-electron chi connectivity index (χ2n) is 5.44. The topological polar surface area (TPSA) is 88.1 Å². The van der Waals surface area contributed by atoms with Crippen LogP contribution in [0.25, 0.3) is 0 Å². The molecule has 1 atom stereocenters. The number of quaternary nitrogens is 1. The molecule has 0 fully saturated rings. The number of hydrogen-bond donors (Lipinski definition) is 3. The van der Waals surface area contributed by atoms with Gasteiger partial charge in [-0.2, -0.15) is 4.99 Å². The smallest absolute Gasteiger partial charge is 0.264 e. The van der Waals surface area contributed by atoms with Crippen molar-refractivity contribution < 1.29 is 17.7 Å². The van der Waals surface area contributed by atoms with Crippen molar-refractivity contribution in [3.05, 3.63) is 54.0 Å². The van der Waals surface area contributed by atoms with Crippen LogP contribution < -0.4 is 14.9 Å². The number of aryl methyl sites for hydroxylation is 1. The van der Waals surface area contributed by atoms with Crippen LogP contribution in [0.1, 0.15) is 11.3 Å². The highest BCUT2D eigenvalue weighted by atomic mass is 32.2. The number of nitrogens with zero attached hydrogens (tertiary/aromatic N) is 1. The highest BCUT2D eigenvalue weighted by molar-refractivity contribution is 7.90. The van der Waals surface area contributed by atoms with Gasteiger partial charge in [0.15, 0.2) is 19.1 Å². The van der Waals surface area contributed by atoms with Gasteiger partial charge in [0.2, 0.25) is 5.96 Å². The van der Waals surface area contributed by atoms with Gasteiger partial charge in [-0.1, -0.05) is 17.7 Å². The Bertz CT molecular complexity index is 783. The number of benzene rings is 1. The number of guanidine groups is 1. The first-order valence-corrected chi connectivity index (χ1v) is 8.75. The summed E-state index contributed by atoms with van der Waals surface area (Å²) in [6.45, 7) is 3.64. The maximum atomic E-state index is 12.3. The molecule has 0 amide bonds. The second kappa shape index (κ2) is 6.43. The summed E-state index contributed by atoms with van der Waals surface area (Å²) in [6, 6.07) is 10.4. The molecule has 3 N–H and O–H groups in total. The minimum absolute atomic E-state index is 0.220. The lowest BCUT2D eigenvalue weighted by atomic mass is 10.2. The number of rotatable bonds is 4. The summed E-state index contributed by atoms with van der Waals surface area (Å²) in [7, 11) is -3.62. The molecule has 122 valence electrons. The van der Waals surface area contributed by atoms with Gasteiger partial charge in [-0.25, -0.2) is 13.1 Å². The first-order valence-electron chi connectivity index (χ1n) is 7.27. The van der Waals surface area contributed by atoms with Crippen molar-refractivity contribution in [3.8, 4) is 0 Å². The zero-order valence-corrected chi connectivity index (χ0v) is 13.6. The Morgan fingerprint density at radius 1 is 1.30 bits per heavy atom. The molecule has 1 aliphatic rings. The highest BCUT2D eigenvalue weighted by Gasteiger charge is 2.21. The summed E-state index contributed by atoms with van der Waals surface area (Å²) in [5.41, 5.74) is 1.01. The molecule has 1 aliphatic heterocycles. The van der Waals surface area contributed by atoms with Gasteiger partial charge in [-0.3, -0.25) is 4.90 Å². The standard InChI is InChI=1S/C15H18N4O3S/c1-12-4-6-14(7-5-12)23(20,21)18-15-16-10-19(11-17-15)9-13-3-2-8-22-13/h2-8H,9-11H2,1H3,(H2,16,17,18)/p+1. The van der Waals surface area contributed by atoms with E-state index in [0.29, 0.717) is 19.9 Å². The van der Waals surface area contributed by atoms with Crippen LogP contribution in [-0.2, 0) is 16.6 Å². The third kappa shape index (κ3) is 3.91. The number of aliphatic imine (C=N–C) groups is 1. The Kier molecular flexibility index (Phi) is 4.35. The fourth-order valence-corrected chi connectivity index (χ4v) is 3.26. The van der Waals surface area contributed by atoms with E-state index in [1.807, 2.05) is 19.1 Å². The van der Waals surface area contributed by atoms with Gasteiger partial charge in [-0.15, -0.1) is 0 Å². The molecule has 0 spiro atoms. The predicted octanol–water partition coefficient (Wildman–Crippen LogP) is -0.174. The second-order valence-corrected chi connectivity index (χ2v) is 7.13. The Morgan fingerprint density at radius 3 is 2.70 bits per heavy atom. The zero-order valence-electron chi connectivity index (χ0n) is 12.7. The van der Waals surface area contributed by atoms with Crippen LogP contribution in [0.5, 0.6) is 0 Å². The molecule has 2 heterocycles. The van der Waals surface area contributed by atoms with E-state index in [-0.39, 0.29) is 10.9 Å².